The molecule has 144 valence electrons. The Balaban J connectivity index is 1.78. The minimum atomic E-state index is -0.740. The lowest BCUT2D eigenvalue weighted by molar-refractivity contribution is -0.116. The van der Waals surface area contributed by atoms with Crippen molar-refractivity contribution in [3.8, 4) is 5.69 Å². The molecular weight excluding hydrogens is 354 g/mol. The van der Waals surface area contributed by atoms with Gasteiger partial charge in [-0.15, -0.1) is 0 Å². The molecular formula is C22H23N3O3. The standard InChI is InChI=1S/C22H23N3O3/c1-15(2)17-8-10-18(11-9-17)23-20(26)14-24-12-13-25(22(28)21(24)27)19-7-5-4-6-16(19)3/h4-13,15H,14H2,1-3H3,(H,23,26). The summed E-state index contributed by atoms with van der Waals surface area (Å²) in [6, 6.07) is 14.9. The maximum absolute atomic E-state index is 12.5. The van der Waals surface area contributed by atoms with E-state index in [2.05, 4.69) is 19.2 Å². The van der Waals surface area contributed by atoms with Crippen LogP contribution < -0.4 is 16.4 Å². The Morgan fingerprint density at radius 3 is 2.29 bits per heavy atom. The van der Waals surface area contributed by atoms with Gasteiger partial charge in [0.2, 0.25) is 5.91 Å². The predicted molar refractivity (Wildman–Crippen MR) is 110 cm³/mol. The molecule has 0 spiro atoms. The average Bonchev–Trinajstić information content (AvgIpc) is 2.67. The normalized spacial score (nSPS) is 10.9. The summed E-state index contributed by atoms with van der Waals surface area (Å²) in [4.78, 5) is 37.2. The molecule has 0 saturated carbocycles. The fraction of sp³-hybridized carbons (Fsp3) is 0.227. The van der Waals surface area contributed by atoms with Crippen molar-refractivity contribution in [2.75, 3.05) is 5.32 Å². The number of rotatable bonds is 5. The Hall–Kier alpha value is -3.41. The number of nitrogens with zero attached hydrogens (tertiary/aromatic N) is 2. The topological polar surface area (TPSA) is 73.1 Å². The molecule has 3 rings (SSSR count). The van der Waals surface area contributed by atoms with Crippen molar-refractivity contribution in [2.45, 2.75) is 33.2 Å². The SMILES string of the molecule is Cc1ccccc1-n1ccn(CC(=O)Nc2ccc(C(C)C)cc2)c(=O)c1=O. The van der Waals surface area contributed by atoms with E-state index < -0.39 is 11.1 Å². The van der Waals surface area contributed by atoms with Crippen LogP contribution in [-0.2, 0) is 11.3 Å². The molecule has 3 aromatic rings. The number of aromatic nitrogens is 2. The molecule has 1 heterocycles. The summed E-state index contributed by atoms with van der Waals surface area (Å²) < 4.78 is 2.42. The lowest BCUT2D eigenvalue weighted by atomic mass is 10.0. The quantitative estimate of drug-likeness (QED) is 0.695. The molecule has 6 nitrogen and oxygen atoms in total. The van der Waals surface area contributed by atoms with Gasteiger partial charge in [-0.05, 0) is 42.2 Å². The van der Waals surface area contributed by atoms with Crippen LogP contribution in [0.1, 0.15) is 30.9 Å². The molecule has 0 unspecified atom stereocenters. The third-order valence-corrected chi connectivity index (χ3v) is 4.61. The van der Waals surface area contributed by atoms with Gasteiger partial charge in [-0.25, -0.2) is 0 Å². The number of hydrogen-bond acceptors (Lipinski definition) is 3. The molecule has 0 fully saturated rings. The minimum absolute atomic E-state index is 0.228. The van der Waals surface area contributed by atoms with Gasteiger partial charge in [0.25, 0.3) is 0 Å². The summed E-state index contributed by atoms with van der Waals surface area (Å²) in [5.41, 5.74) is 1.92. The molecule has 0 saturated heterocycles. The minimum Gasteiger partial charge on any atom is -0.325 e. The van der Waals surface area contributed by atoms with Crippen LogP contribution in [0.3, 0.4) is 0 Å². The Bertz CT molecular complexity index is 1110. The highest BCUT2D eigenvalue weighted by Crippen LogP contribution is 2.17. The molecule has 0 radical (unpaired) electrons. The maximum atomic E-state index is 12.5. The van der Waals surface area contributed by atoms with Gasteiger partial charge >= 0.3 is 11.1 Å². The Morgan fingerprint density at radius 1 is 0.964 bits per heavy atom. The summed E-state index contributed by atoms with van der Waals surface area (Å²) in [5, 5.41) is 2.75. The van der Waals surface area contributed by atoms with E-state index in [0.29, 0.717) is 17.3 Å². The van der Waals surface area contributed by atoms with E-state index >= 15 is 0 Å². The molecule has 0 aliphatic heterocycles. The molecule has 1 amide bonds. The molecule has 2 aromatic carbocycles. The van der Waals surface area contributed by atoms with Gasteiger partial charge in [-0.2, -0.15) is 0 Å². The average molecular weight is 377 g/mol. The number of nitrogens with one attached hydrogen (secondary N) is 1. The lowest BCUT2D eigenvalue weighted by Crippen LogP contribution is -2.41. The third-order valence-electron chi connectivity index (χ3n) is 4.61. The molecule has 6 heteroatoms. The Morgan fingerprint density at radius 2 is 1.64 bits per heavy atom. The van der Waals surface area contributed by atoms with Gasteiger partial charge in [0.1, 0.15) is 6.54 Å². The van der Waals surface area contributed by atoms with Crippen LogP contribution in [0.5, 0.6) is 0 Å². The van der Waals surface area contributed by atoms with Gasteiger partial charge in [-0.1, -0.05) is 44.2 Å². The number of anilines is 1. The monoisotopic (exact) mass is 377 g/mol. The Labute approximate surface area is 163 Å². The van der Waals surface area contributed by atoms with Crippen molar-refractivity contribution in [2.24, 2.45) is 0 Å². The number of amides is 1. The van der Waals surface area contributed by atoms with Crippen molar-refractivity contribution in [1.29, 1.82) is 0 Å². The van der Waals surface area contributed by atoms with E-state index in [9.17, 15) is 14.4 Å². The number of para-hydroxylation sites is 1. The molecule has 28 heavy (non-hydrogen) atoms. The fourth-order valence-electron chi connectivity index (χ4n) is 2.96. The second kappa shape index (κ2) is 8.08. The van der Waals surface area contributed by atoms with Crippen molar-refractivity contribution < 1.29 is 4.79 Å². The first-order valence-corrected chi connectivity index (χ1v) is 9.14. The van der Waals surface area contributed by atoms with E-state index in [-0.39, 0.29) is 12.5 Å². The zero-order chi connectivity index (χ0) is 20.3. The highest BCUT2D eigenvalue weighted by molar-refractivity contribution is 5.90. The van der Waals surface area contributed by atoms with Crippen molar-refractivity contribution in [3.63, 3.8) is 0 Å². The van der Waals surface area contributed by atoms with E-state index in [0.717, 1.165) is 10.1 Å². The maximum Gasteiger partial charge on any atom is 0.320 e. The summed E-state index contributed by atoms with van der Waals surface area (Å²) >= 11 is 0. The molecule has 1 N–H and O–H groups in total. The van der Waals surface area contributed by atoms with Gasteiger partial charge < -0.3 is 5.32 Å². The van der Waals surface area contributed by atoms with Crippen molar-refractivity contribution in [3.05, 3.63) is 92.8 Å². The van der Waals surface area contributed by atoms with Crippen LogP contribution in [0.15, 0.2) is 70.5 Å². The largest absolute Gasteiger partial charge is 0.325 e. The second-order valence-corrected chi connectivity index (χ2v) is 7.02. The first-order chi connectivity index (χ1) is 13.4. The molecule has 0 atom stereocenters. The highest BCUT2D eigenvalue weighted by Gasteiger charge is 2.11. The van der Waals surface area contributed by atoms with E-state index in [1.54, 1.807) is 12.1 Å². The smallest absolute Gasteiger partial charge is 0.320 e. The van der Waals surface area contributed by atoms with Crippen molar-refractivity contribution in [1.82, 2.24) is 9.13 Å². The molecule has 1 aromatic heterocycles. The van der Waals surface area contributed by atoms with E-state index in [1.165, 1.54) is 22.5 Å². The molecule has 0 bridgehead atoms. The highest BCUT2D eigenvalue weighted by atomic mass is 16.2. The Kier molecular flexibility index (Phi) is 5.59. The number of carbonyl (C=O) groups is 1. The zero-order valence-electron chi connectivity index (χ0n) is 16.2. The number of hydrogen-bond donors (Lipinski definition) is 1. The van der Waals surface area contributed by atoms with Crippen LogP contribution in [0.2, 0.25) is 0 Å². The first-order valence-electron chi connectivity index (χ1n) is 9.14. The van der Waals surface area contributed by atoms with Gasteiger partial charge in [0, 0.05) is 18.1 Å². The summed E-state index contributed by atoms with van der Waals surface area (Å²) in [5.74, 6) is 0.0375. The van der Waals surface area contributed by atoms with Gasteiger partial charge in [-0.3, -0.25) is 23.5 Å². The van der Waals surface area contributed by atoms with Crippen molar-refractivity contribution >= 4 is 11.6 Å². The first kappa shape index (κ1) is 19.4. The van der Waals surface area contributed by atoms with Gasteiger partial charge in [0.15, 0.2) is 0 Å². The number of aryl methyl sites for hydroxylation is 1. The van der Waals surface area contributed by atoms with E-state index in [1.807, 2.05) is 43.3 Å². The summed E-state index contributed by atoms with van der Waals surface area (Å²) in [7, 11) is 0. The van der Waals surface area contributed by atoms with Crippen LogP contribution in [-0.4, -0.2) is 15.0 Å². The number of carbonyl (C=O) groups excluding carboxylic acids is 1. The van der Waals surface area contributed by atoms with E-state index in [4.69, 9.17) is 0 Å². The molecule has 0 aliphatic carbocycles. The predicted octanol–water partition coefficient (Wildman–Crippen LogP) is 3.07. The molecule has 0 aliphatic rings. The lowest BCUT2D eigenvalue weighted by Gasteiger charge is -2.11. The van der Waals surface area contributed by atoms with Crippen LogP contribution in [0.4, 0.5) is 5.69 Å². The fourth-order valence-corrected chi connectivity index (χ4v) is 2.96. The number of benzene rings is 2. The summed E-state index contributed by atoms with van der Waals surface area (Å²) in [6.45, 7) is 5.83. The zero-order valence-corrected chi connectivity index (χ0v) is 16.2. The van der Waals surface area contributed by atoms with Gasteiger partial charge in [0.05, 0.1) is 5.69 Å². The van der Waals surface area contributed by atoms with Crippen LogP contribution >= 0.6 is 0 Å². The summed E-state index contributed by atoms with van der Waals surface area (Å²) in [6.07, 6.45) is 2.97. The van der Waals surface area contributed by atoms with Crippen LogP contribution in [0, 0.1) is 6.92 Å². The third kappa shape index (κ3) is 4.11. The second-order valence-electron chi connectivity index (χ2n) is 7.02. The van der Waals surface area contributed by atoms with Crippen LogP contribution in [0.25, 0.3) is 5.69 Å².